The molecule has 0 aliphatic carbocycles. The lowest BCUT2D eigenvalue weighted by atomic mass is 10.0. The maximum Gasteiger partial charge on any atom is 0.173 e. The molecule has 0 amide bonds. The van der Waals surface area contributed by atoms with Crippen LogP contribution >= 0.6 is 12.2 Å². The lowest BCUT2D eigenvalue weighted by Gasteiger charge is -2.36. The van der Waals surface area contributed by atoms with Crippen LogP contribution in [0.25, 0.3) is 5.57 Å². The van der Waals surface area contributed by atoms with Crippen molar-refractivity contribution in [3.05, 3.63) is 60.4 Å². The molecule has 1 fully saturated rings. The van der Waals surface area contributed by atoms with Crippen LogP contribution in [0, 0.1) is 0 Å². The number of allylic oxidation sites excluding steroid dienone is 1. The molecule has 0 atom stereocenters. The zero-order valence-corrected chi connectivity index (χ0v) is 16.1. The summed E-state index contributed by atoms with van der Waals surface area (Å²) in [5.41, 5.74) is 2.41. The minimum absolute atomic E-state index is 0.758. The van der Waals surface area contributed by atoms with E-state index in [1.165, 1.54) is 5.57 Å². The molecule has 2 aromatic rings. The maximum atomic E-state index is 5.83. The highest BCUT2D eigenvalue weighted by Gasteiger charge is 2.20. The number of nitrogens with zero attached hydrogens (tertiary/aromatic N) is 3. The predicted molar refractivity (Wildman–Crippen MR) is 113 cm³/mol. The molecule has 0 spiro atoms. The SMILES string of the molecule is S=C(N/C=C1/CCCOc2ccccc21)N1CCN(c2ccccn2)CC1. The van der Waals surface area contributed by atoms with Crippen LogP contribution in [-0.2, 0) is 0 Å². The monoisotopic (exact) mass is 380 g/mol. The van der Waals surface area contributed by atoms with Gasteiger partial charge >= 0.3 is 0 Å². The summed E-state index contributed by atoms with van der Waals surface area (Å²) in [5.74, 6) is 1.99. The molecule has 140 valence electrons. The van der Waals surface area contributed by atoms with Crippen LogP contribution in [0.3, 0.4) is 0 Å². The third kappa shape index (κ3) is 4.22. The number of pyridine rings is 1. The molecule has 1 saturated heterocycles. The van der Waals surface area contributed by atoms with Gasteiger partial charge in [-0.2, -0.15) is 0 Å². The van der Waals surface area contributed by atoms with Crippen molar-refractivity contribution in [2.45, 2.75) is 12.8 Å². The number of nitrogens with one attached hydrogen (secondary N) is 1. The molecule has 0 saturated carbocycles. The molecule has 0 unspecified atom stereocenters. The summed E-state index contributed by atoms with van der Waals surface area (Å²) in [6, 6.07) is 14.2. The van der Waals surface area contributed by atoms with Crippen molar-refractivity contribution in [3.63, 3.8) is 0 Å². The van der Waals surface area contributed by atoms with Gasteiger partial charge in [0.2, 0.25) is 0 Å². The van der Waals surface area contributed by atoms with Gasteiger partial charge in [-0.1, -0.05) is 24.3 Å². The number of anilines is 1. The number of benzene rings is 1. The minimum atomic E-state index is 0.758. The van der Waals surface area contributed by atoms with Crippen LogP contribution in [0.15, 0.2) is 54.9 Å². The van der Waals surface area contributed by atoms with Crippen molar-refractivity contribution in [2.24, 2.45) is 0 Å². The Labute approximate surface area is 165 Å². The largest absolute Gasteiger partial charge is 0.493 e. The van der Waals surface area contributed by atoms with Crippen LogP contribution in [0.2, 0.25) is 0 Å². The Bertz CT molecular complexity index is 816. The topological polar surface area (TPSA) is 40.6 Å². The Morgan fingerprint density at radius 2 is 1.89 bits per heavy atom. The van der Waals surface area contributed by atoms with E-state index in [1.807, 2.05) is 30.5 Å². The van der Waals surface area contributed by atoms with E-state index in [-0.39, 0.29) is 0 Å². The van der Waals surface area contributed by atoms with Gasteiger partial charge in [-0.3, -0.25) is 0 Å². The fourth-order valence-electron chi connectivity index (χ4n) is 3.51. The van der Waals surface area contributed by atoms with Gasteiger partial charge in [0.15, 0.2) is 5.11 Å². The van der Waals surface area contributed by atoms with E-state index in [0.717, 1.165) is 67.9 Å². The molecule has 2 aliphatic heterocycles. The number of hydrogen-bond acceptors (Lipinski definition) is 4. The average Bonchev–Trinajstić information content (AvgIpc) is 2.95. The quantitative estimate of drug-likeness (QED) is 0.807. The highest BCUT2D eigenvalue weighted by atomic mass is 32.1. The van der Waals surface area contributed by atoms with Crippen molar-refractivity contribution < 1.29 is 4.74 Å². The molecule has 27 heavy (non-hydrogen) atoms. The molecule has 0 bridgehead atoms. The molecule has 6 heteroatoms. The van der Waals surface area contributed by atoms with Gasteiger partial charge in [-0.05, 0) is 48.8 Å². The second-order valence-corrected chi connectivity index (χ2v) is 7.12. The first-order chi connectivity index (χ1) is 13.3. The molecule has 1 aromatic heterocycles. The van der Waals surface area contributed by atoms with E-state index in [2.05, 4.69) is 44.5 Å². The number of rotatable bonds is 2. The van der Waals surface area contributed by atoms with Gasteiger partial charge in [-0.25, -0.2) is 4.98 Å². The van der Waals surface area contributed by atoms with Gasteiger partial charge in [0, 0.05) is 44.1 Å². The molecular formula is C21H24N4OS. The second-order valence-electron chi connectivity index (χ2n) is 6.73. The third-order valence-electron chi connectivity index (χ3n) is 4.99. The Morgan fingerprint density at radius 3 is 2.70 bits per heavy atom. The van der Waals surface area contributed by atoms with Crippen molar-refractivity contribution in [2.75, 3.05) is 37.7 Å². The van der Waals surface area contributed by atoms with Gasteiger partial charge in [0.1, 0.15) is 11.6 Å². The molecule has 0 radical (unpaired) electrons. The maximum absolute atomic E-state index is 5.83. The lowest BCUT2D eigenvalue weighted by Crippen LogP contribution is -2.51. The molecule has 4 rings (SSSR count). The highest BCUT2D eigenvalue weighted by molar-refractivity contribution is 7.80. The van der Waals surface area contributed by atoms with Crippen molar-refractivity contribution >= 4 is 28.7 Å². The number of para-hydroxylation sites is 1. The second kappa shape index (κ2) is 8.39. The predicted octanol–water partition coefficient (Wildman–Crippen LogP) is 3.29. The third-order valence-corrected chi connectivity index (χ3v) is 5.37. The Kier molecular flexibility index (Phi) is 5.53. The van der Waals surface area contributed by atoms with Crippen LogP contribution in [-0.4, -0.2) is 47.8 Å². The zero-order valence-electron chi connectivity index (χ0n) is 15.3. The highest BCUT2D eigenvalue weighted by Crippen LogP contribution is 2.31. The van der Waals surface area contributed by atoms with Gasteiger partial charge in [0.05, 0.1) is 6.61 Å². The summed E-state index contributed by atoms with van der Waals surface area (Å²) in [7, 11) is 0. The zero-order chi connectivity index (χ0) is 18.5. The first kappa shape index (κ1) is 17.8. The van der Waals surface area contributed by atoms with Crippen LogP contribution in [0.1, 0.15) is 18.4 Å². The lowest BCUT2D eigenvalue weighted by molar-refractivity contribution is 0.318. The summed E-state index contributed by atoms with van der Waals surface area (Å²) >= 11 is 5.64. The Hall–Kier alpha value is -2.60. The summed E-state index contributed by atoms with van der Waals surface area (Å²) in [4.78, 5) is 8.97. The van der Waals surface area contributed by atoms with Gasteiger partial charge in [-0.15, -0.1) is 0 Å². The first-order valence-corrected chi connectivity index (χ1v) is 9.85. The molecular weight excluding hydrogens is 356 g/mol. The van der Waals surface area contributed by atoms with Crippen molar-refractivity contribution in [1.82, 2.24) is 15.2 Å². The summed E-state index contributed by atoms with van der Waals surface area (Å²) < 4.78 is 5.83. The Balaban J connectivity index is 1.37. The molecule has 2 aliphatic rings. The van der Waals surface area contributed by atoms with E-state index in [4.69, 9.17) is 17.0 Å². The van der Waals surface area contributed by atoms with E-state index in [9.17, 15) is 0 Å². The average molecular weight is 381 g/mol. The van der Waals surface area contributed by atoms with E-state index in [0.29, 0.717) is 0 Å². The summed E-state index contributed by atoms with van der Waals surface area (Å²) in [5, 5.41) is 4.13. The normalized spacial score (nSPS) is 18.4. The number of hydrogen-bond donors (Lipinski definition) is 1. The first-order valence-electron chi connectivity index (χ1n) is 9.44. The van der Waals surface area contributed by atoms with Crippen molar-refractivity contribution in [1.29, 1.82) is 0 Å². The minimum Gasteiger partial charge on any atom is -0.493 e. The van der Waals surface area contributed by atoms with Crippen molar-refractivity contribution in [3.8, 4) is 5.75 Å². The van der Waals surface area contributed by atoms with Crippen LogP contribution in [0.4, 0.5) is 5.82 Å². The number of thiocarbonyl (C=S) groups is 1. The molecule has 1 aromatic carbocycles. The molecule has 3 heterocycles. The van der Waals surface area contributed by atoms with E-state index in [1.54, 1.807) is 0 Å². The smallest absolute Gasteiger partial charge is 0.173 e. The summed E-state index contributed by atoms with van der Waals surface area (Å²) in [6.45, 7) is 4.39. The molecule has 1 N–H and O–H groups in total. The number of aromatic nitrogens is 1. The number of ether oxygens (including phenoxy) is 1. The fraction of sp³-hybridized carbons (Fsp3) is 0.333. The number of fused-ring (bicyclic) bond motifs is 1. The standard InChI is InChI=1S/C21H24N4OS/c27-21(25-13-11-24(12-14-25)20-9-3-4-10-22-20)23-16-17-6-5-15-26-19-8-2-1-7-18(17)19/h1-4,7-10,16H,5-6,11-15H2,(H,23,27)/b17-16-. The van der Waals surface area contributed by atoms with Crippen LogP contribution < -0.4 is 15.0 Å². The van der Waals surface area contributed by atoms with Gasteiger partial charge < -0.3 is 19.9 Å². The number of piperazine rings is 1. The Morgan fingerprint density at radius 1 is 1.07 bits per heavy atom. The van der Waals surface area contributed by atoms with E-state index < -0.39 is 0 Å². The molecule has 5 nitrogen and oxygen atoms in total. The fourth-order valence-corrected chi connectivity index (χ4v) is 3.75. The van der Waals surface area contributed by atoms with Crippen LogP contribution in [0.5, 0.6) is 5.75 Å². The van der Waals surface area contributed by atoms with Gasteiger partial charge in [0.25, 0.3) is 0 Å². The van der Waals surface area contributed by atoms with E-state index >= 15 is 0 Å². The summed E-state index contributed by atoms with van der Waals surface area (Å²) in [6.07, 6.45) is 5.90.